The molecular weight excluding hydrogens is 124 g/mol. The first kappa shape index (κ1) is 7.35. The van der Waals surface area contributed by atoms with Gasteiger partial charge in [0.2, 0.25) is 0 Å². The van der Waals surface area contributed by atoms with Crippen LogP contribution in [0, 0.1) is 0 Å². The van der Waals surface area contributed by atoms with Crippen molar-refractivity contribution >= 4 is 0 Å². The van der Waals surface area contributed by atoms with Crippen LogP contribution in [0.1, 0.15) is 0 Å². The average Bonchev–Trinajstić information content (AvgIpc) is 2.37. The van der Waals surface area contributed by atoms with Crippen LogP contribution in [-0.4, -0.2) is 36.1 Å². The lowest BCUT2D eigenvalue weighted by Gasteiger charge is -2.13. The Kier molecular flexibility index (Phi) is 2.51. The summed E-state index contributed by atoms with van der Waals surface area (Å²) in [7, 11) is 0. The van der Waals surface area contributed by atoms with E-state index >= 15 is 0 Å². The standard InChI is InChI=1S/C8H14N2/c1-3-5-10-7-6-9(4-2)8-10/h3-4H,1-2,5-8H2. The minimum Gasteiger partial charge on any atom is -0.364 e. The van der Waals surface area contributed by atoms with Gasteiger partial charge in [-0.25, -0.2) is 0 Å². The summed E-state index contributed by atoms with van der Waals surface area (Å²) in [6.07, 6.45) is 3.83. The van der Waals surface area contributed by atoms with E-state index in [9.17, 15) is 0 Å². The van der Waals surface area contributed by atoms with Crippen LogP contribution in [0.4, 0.5) is 0 Å². The van der Waals surface area contributed by atoms with E-state index in [1.165, 1.54) is 0 Å². The molecule has 56 valence electrons. The van der Waals surface area contributed by atoms with Crippen LogP contribution in [0.25, 0.3) is 0 Å². The van der Waals surface area contributed by atoms with Crippen molar-refractivity contribution in [2.75, 3.05) is 26.3 Å². The van der Waals surface area contributed by atoms with Gasteiger partial charge < -0.3 is 4.90 Å². The predicted octanol–water partition coefficient (Wildman–Crippen LogP) is 0.891. The molecule has 1 fully saturated rings. The molecule has 0 amide bonds. The zero-order valence-corrected chi connectivity index (χ0v) is 6.29. The van der Waals surface area contributed by atoms with Crippen molar-refractivity contribution in [3.05, 3.63) is 25.4 Å². The van der Waals surface area contributed by atoms with Gasteiger partial charge in [0.15, 0.2) is 0 Å². The lowest BCUT2D eigenvalue weighted by Crippen LogP contribution is -2.22. The quantitative estimate of drug-likeness (QED) is 0.534. The molecule has 0 aromatic carbocycles. The maximum Gasteiger partial charge on any atom is 0.0705 e. The van der Waals surface area contributed by atoms with Crippen LogP contribution in [0.15, 0.2) is 25.4 Å². The lowest BCUT2D eigenvalue weighted by atomic mass is 10.5. The largest absolute Gasteiger partial charge is 0.364 e. The maximum atomic E-state index is 3.71. The minimum atomic E-state index is 0.990. The van der Waals surface area contributed by atoms with Gasteiger partial charge >= 0.3 is 0 Å². The molecule has 10 heavy (non-hydrogen) atoms. The third kappa shape index (κ3) is 1.61. The second-order valence-corrected chi connectivity index (χ2v) is 2.50. The van der Waals surface area contributed by atoms with E-state index in [0.717, 1.165) is 26.3 Å². The van der Waals surface area contributed by atoms with E-state index < -0.39 is 0 Å². The molecule has 2 nitrogen and oxygen atoms in total. The summed E-state index contributed by atoms with van der Waals surface area (Å²) in [5, 5.41) is 0. The Balaban J connectivity index is 2.27. The lowest BCUT2D eigenvalue weighted by molar-refractivity contribution is 0.315. The summed E-state index contributed by atoms with van der Waals surface area (Å²) in [5.74, 6) is 0. The third-order valence-electron chi connectivity index (χ3n) is 1.73. The normalized spacial score (nSPS) is 19.4. The first-order valence-corrected chi connectivity index (χ1v) is 3.56. The average molecular weight is 138 g/mol. The van der Waals surface area contributed by atoms with Gasteiger partial charge in [0.05, 0.1) is 6.67 Å². The van der Waals surface area contributed by atoms with E-state index in [4.69, 9.17) is 0 Å². The van der Waals surface area contributed by atoms with Crippen molar-refractivity contribution in [1.29, 1.82) is 0 Å². The zero-order chi connectivity index (χ0) is 7.40. The molecule has 0 radical (unpaired) electrons. The van der Waals surface area contributed by atoms with Crippen LogP contribution >= 0.6 is 0 Å². The Morgan fingerprint density at radius 2 is 2.10 bits per heavy atom. The van der Waals surface area contributed by atoms with Gasteiger partial charge in [0, 0.05) is 19.6 Å². The van der Waals surface area contributed by atoms with Crippen LogP contribution in [-0.2, 0) is 0 Å². The summed E-state index contributed by atoms with van der Waals surface area (Å²) >= 11 is 0. The number of nitrogens with zero attached hydrogens (tertiary/aromatic N) is 2. The maximum absolute atomic E-state index is 3.71. The van der Waals surface area contributed by atoms with Crippen molar-refractivity contribution in [2.24, 2.45) is 0 Å². The molecule has 0 aromatic rings. The molecule has 0 aromatic heterocycles. The molecular formula is C8H14N2. The van der Waals surface area contributed by atoms with E-state index in [-0.39, 0.29) is 0 Å². The summed E-state index contributed by atoms with van der Waals surface area (Å²) in [6.45, 7) is 11.6. The van der Waals surface area contributed by atoms with Crippen molar-refractivity contribution in [3.63, 3.8) is 0 Å². The van der Waals surface area contributed by atoms with Crippen molar-refractivity contribution in [1.82, 2.24) is 9.80 Å². The molecule has 1 aliphatic heterocycles. The van der Waals surface area contributed by atoms with Gasteiger partial charge in [0.25, 0.3) is 0 Å². The Morgan fingerprint density at radius 3 is 2.60 bits per heavy atom. The van der Waals surface area contributed by atoms with E-state index in [1.54, 1.807) is 0 Å². The second-order valence-electron chi connectivity index (χ2n) is 2.50. The molecule has 0 unspecified atom stereocenters. The zero-order valence-electron chi connectivity index (χ0n) is 6.29. The molecule has 1 rings (SSSR count). The fourth-order valence-corrected chi connectivity index (χ4v) is 1.15. The fourth-order valence-electron chi connectivity index (χ4n) is 1.15. The Labute approximate surface area is 62.4 Å². The van der Waals surface area contributed by atoms with E-state index in [1.807, 2.05) is 12.3 Å². The summed E-state index contributed by atoms with van der Waals surface area (Å²) in [4.78, 5) is 4.53. The smallest absolute Gasteiger partial charge is 0.0705 e. The monoisotopic (exact) mass is 138 g/mol. The Bertz CT molecular complexity index is 131. The van der Waals surface area contributed by atoms with Crippen LogP contribution in [0.3, 0.4) is 0 Å². The van der Waals surface area contributed by atoms with Crippen molar-refractivity contribution < 1.29 is 0 Å². The van der Waals surface area contributed by atoms with Crippen LogP contribution < -0.4 is 0 Å². The summed E-state index contributed by atoms with van der Waals surface area (Å²) in [5.41, 5.74) is 0. The number of hydrogen-bond donors (Lipinski definition) is 0. The van der Waals surface area contributed by atoms with Gasteiger partial charge in [0.1, 0.15) is 0 Å². The SMILES string of the molecule is C=CCN1CCN(C=C)C1. The van der Waals surface area contributed by atoms with Crippen molar-refractivity contribution in [2.45, 2.75) is 0 Å². The highest BCUT2D eigenvalue weighted by molar-refractivity contribution is 4.82. The molecule has 1 heterocycles. The summed E-state index contributed by atoms with van der Waals surface area (Å²) in [6, 6.07) is 0. The van der Waals surface area contributed by atoms with Gasteiger partial charge in [-0.15, -0.1) is 6.58 Å². The number of rotatable bonds is 3. The fraction of sp³-hybridized carbons (Fsp3) is 0.500. The third-order valence-corrected chi connectivity index (χ3v) is 1.73. The highest BCUT2D eigenvalue weighted by Crippen LogP contribution is 2.03. The minimum absolute atomic E-state index is 0.990. The highest BCUT2D eigenvalue weighted by atomic mass is 15.4. The molecule has 2 heteroatoms. The first-order chi connectivity index (χ1) is 4.86. The van der Waals surface area contributed by atoms with Crippen LogP contribution in [0.2, 0.25) is 0 Å². The van der Waals surface area contributed by atoms with Gasteiger partial charge in [-0.05, 0) is 6.20 Å². The summed E-state index contributed by atoms with van der Waals surface area (Å²) < 4.78 is 0. The number of hydrogen-bond acceptors (Lipinski definition) is 2. The van der Waals surface area contributed by atoms with Gasteiger partial charge in [-0.2, -0.15) is 0 Å². The van der Waals surface area contributed by atoms with Gasteiger partial charge in [-0.3, -0.25) is 4.90 Å². The second kappa shape index (κ2) is 3.42. The van der Waals surface area contributed by atoms with Crippen molar-refractivity contribution in [3.8, 4) is 0 Å². The van der Waals surface area contributed by atoms with E-state index in [0.29, 0.717) is 0 Å². The Hall–Kier alpha value is -0.760. The van der Waals surface area contributed by atoms with E-state index in [2.05, 4.69) is 23.0 Å². The molecule has 0 aliphatic carbocycles. The Morgan fingerprint density at radius 1 is 1.30 bits per heavy atom. The molecule has 0 spiro atoms. The molecule has 0 atom stereocenters. The molecule has 0 saturated carbocycles. The van der Waals surface area contributed by atoms with Gasteiger partial charge in [-0.1, -0.05) is 12.7 Å². The molecule has 0 bridgehead atoms. The molecule has 1 aliphatic rings. The highest BCUT2D eigenvalue weighted by Gasteiger charge is 2.14. The van der Waals surface area contributed by atoms with Crippen LogP contribution in [0.5, 0.6) is 0 Å². The first-order valence-electron chi connectivity index (χ1n) is 3.56. The topological polar surface area (TPSA) is 6.48 Å². The molecule has 0 N–H and O–H groups in total. The molecule has 1 saturated heterocycles. The predicted molar refractivity (Wildman–Crippen MR) is 43.5 cm³/mol.